The zero-order valence-corrected chi connectivity index (χ0v) is 45.1. The van der Waals surface area contributed by atoms with Crippen molar-refractivity contribution in [1.82, 2.24) is 5.32 Å². The van der Waals surface area contributed by atoms with Crippen LogP contribution in [0, 0.1) is 0 Å². The second-order valence-corrected chi connectivity index (χ2v) is 21.7. The smallest absolute Gasteiger partial charge is 0.387 e. The molecule has 0 aromatic carbocycles. The van der Waals surface area contributed by atoms with Crippen molar-refractivity contribution in [1.29, 1.82) is 0 Å². The van der Waals surface area contributed by atoms with E-state index in [1.807, 2.05) is 6.08 Å². The van der Waals surface area contributed by atoms with E-state index in [-0.39, 0.29) is 25.7 Å². The first-order valence-electron chi connectivity index (χ1n) is 29.3. The van der Waals surface area contributed by atoms with Gasteiger partial charge in [0.05, 0.1) is 25.4 Å². The number of aliphatic hydroxyl groups is 1. The molecule has 0 aliphatic rings. The first-order chi connectivity index (χ1) is 32.4. The maximum atomic E-state index is 12.8. The van der Waals surface area contributed by atoms with E-state index in [1.54, 1.807) is 6.08 Å². The summed E-state index contributed by atoms with van der Waals surface area (Å²) in [6.07, 6.45) is 64.7. The lowest BCUT2D eigenvalue weighted by molar-refractivity contribution is -0.123. The van der Waals surface area contributed by atoms with Crippen molar-refractivity contribution in [2.24, 2.45) is 5.73 Å². The fourth-order valence-corrected chi connectivity index (χ4v) is 9.96. The predicted molar refractivity (Wildman–Crippen MR) is 286 cm³/mol. The highest BCUT2D eigenvalue weighted by Crippen LogP contribution is 2.43. The number of aliphatic hydroxyl groups excluding tert-OH is 1. The number of hydrogen-bond donors (Lipinski definition) is 4. The molecule has 8 nitrogen and oxygen atoms in total. The molecule has 9 heteroatoms. The minimum absolute atomic E-state index is 0.0816. The van der Waals surface area contributed by atoms with Gasteiger partial charge in [-0.15, -0.1) is 0 Å². The van der Waals surface area contributed by atoms with Crippen molar-refractivity contribution in [3.05, 3.63) is 12.2 Å². The van der Waals surface area contributed by atoms with Gasteiger partial charge < -0.3 is 21.1 Å². The first kappa shape index (κ1) is 65.2. The molecule has 66 heavy (non-hydrogen) atoms. The van der Waals surface area contributed by atoms with Crippen LogP contribution in [-0.2, 0) is 18.4 Å². The van der Waals surface area contributed by atoms with Crippen molar-refractivity contribution in [3.8, 4) is 0 Å². The normalized spacial score (nSPS) is 13.7. The van der Waals surface area contributed by atoms with Crippen LogP contribution in [-0.4, -0.2) is 47.8 Å². The monoisotopic (exact) mass is 955 g/mol. The highest BCUT2D eigenvalue weighted by Gasteiger charge is 2.27. The summed E-state index contributed by atoms with van der Waals surface area (Å²) in [5.74, 6) is -0.187. The number of unbranched alkanes of at least 4 members (excludes halogenated alkanes) is 44. The summed E-state index contributed by atoms with van der Waals surface area (Å²) in [6.45, 7) is 4.18. The van der Waals surface area contributed by atoms with Gasteiger partial charge in [0.1, 0.15) is 0 Å². The molecule has 5 N–H and O–H groups in total. The van der Waals surface area contributed by atoms with Crippen molar-refractivity contribution >= 4 is 13.7 Å². The summed E-state index contributed by atoms with van der Waals surface area (Å²) in [5, 5.41) is 13.7. The van der Waals surface area contributed by atoms with Gasteiger partial charge in [-0.3, -0.25) is 13.8 Å². The van der Waals surface area contributed by atoms with Gasteiger partial charge in [0.2, 0.25) is 5.91 Å². The van der Waals surface area contributed by atoms with Crippen LogP contribution in [0.1, 0.15) is 316 Å². The fourth-order valence-electron chi connectivity index (χ4n) is 9.20. The Morgan fingerprint density at radius 3 is 1.08 bits per heavy atom. The average Bonchev–Trinajstić information content (AvgIpc) is 3.31. The molecule has 394 valence electrons. The van der Waals surface area contributed by atoms with E-state index in [0.717, 1.165) is 38.5 Å². The third-order valence-corrected chi connectivity index (χ3v) is 14.6. The topological polar surface area (TPSA) is 131 Å². The molecule has 0 fully saturated rings. The lowest BCUT2D eigenvalue weighted by Crippen LogP contribution is -2.45. The molecule has 0 aromatic heterocycles. The largest absolute Gasteiger partial charge is 0.472 e. The summed E-state index contributed by atoms with van der Waals surface area (Å²) >= 11 is 0. The number of hydrogen-bond acceptors (Lipinski definition) is 6. The molecule has 3 atom stereocenters. The van der Waals surface area contributed by atoms with Gasteiger partial charge in [-0.25, -0.2) is 4.57 Å². The highest BCUT2D eigenvalue weighted by atomic mass is 31.2. The van der Waals surface area contributed by atoms with Gasteiger partial charge in [-0.1, -0.05) is 302 Å². The Kier molecular flexibility index (Phi) is 53.0. The molecule has 0 radical (unpaired) electrons. The number of phosphoric acid groups is 1. The zero-order valence-electron chi connectivity index (χ0n) is 44.2. The van der Waals surface area contributed by atoms with Crippen molar-refractivity contribution in [2.75, 3.05) is 19.8 Å². The molecular weight excluding hydrogens is 840 g/mol. The van der Waals surface area contributed by atoms with Crippen LogP contribution in [0.3, 0.4) is 0 Å². The third kappa shape index (κ3) is 51.1. The molecule has 0 heterocycles. The Morgan fingerprint density at radius 2 is 0.773 bits per heavy atom. The van der Waals surface area contributed by atoms with Gasteiger partial charge >= 0.3 is 7.82 Å². The Bertz CT molecular complexity index is 1050. The van der Waals surface area contributed by atoms with Crippen molar-refractivity contribution in [2.45, 2.75) is 328 Å². The van der Waals surface area contributed by atoms with E-state index in [4.69, 9.17) is 14.8 Å². The third-order valence-electron chi connectivity index (χ3n) is 13.6. The molecule has 0 aliphatic heterocycles. The molecule has 0 saturated heterocycles. The molecule has 1 amide bonds. The van der Waals surface area contributed by atoms with E-state index in [1.165, 1.54) is 257 Å². The van der Waals surface area contributed by atoms with Crippen molar-refractivity contribution < 1.29 is 28.4 Å². The molecule has 0 saturated carbocycles. The standard InChI is InChI=1S/C57H115N2O6P/c1-3-5-7-9-11-13-15-17-18-19-20-21-22-23-24-25-26-27-28-29-30-31-32-33-34-35-36-37-39-41-43-45-47-49-51-57(61)59-55(54-65-66(62,63)64-53-52-58)56(60)50-48-46-44-42-40-38-16-14-12-10-8-6-4-2/h48,50,55-56,60H,3-47,49,51-54,58H2,1-2H3,(H,59,61)(H,62,63)/b50-48+/t55-,56+/m0/s1. The van der Waals surface area contributed by atoms with Gasteiger partial charge in [0.15, 0.2) is 0 Å². The Balaban J connectivity index is 3.77. The van der Waals surface area contributed by atoms with Crippen LogP contribution < -0.4 is 11.1 Å². The Morgan fingerprint density at radius 1 is 0.485 bits per heavy atom. The van der Waals surface area contributed by atoms with Crippen LogP contribution in [0.4, 0.5) is 0 Å². The summed E-state index contributed by atoms with van der Waals surface area (Å²) in [5.41, 5.74) is 5.39. The molecular formula is C57H115N2O6P. The number of nitrogens with one attached hydrogen (secondary N) is 1. The van der Waals surface area contributed by atoms with Crippen LogP contribution >= 0.6 is 7.82 Å². The maximum Gasteiger partial charge on any atom is 0.472 e. The van der Waals surface area contributed by atoms with Gasteiger partial charge in [0.25, 0.3) is 0 Å². The van der Waals surface area contributed by atoms with E-state index >= 15 is 0 Å². The van der Waals surface area contributed by atoms with Crippen LogP contribution in [0.25, 0.3) is 0 Å². The van der Waals surface area contributed by atoms with E-state index in [0.29, 0.717) is 6.42 Å². The number of allylic oxidation sites excluding steroid dienone is 1. The van der Waals surface area contributed by atoms with E-state index in [2.05, 4.69) is 19.2 Å². The summed E-state index contributed by atoms with van der Waals surface area (Å²) in [6, 6.07) is -0.855. The van der Waals surface area contributed by atoms with Crippen molar-refractivity contribution in [3.63, 3.8) is 0 Å². The summed E-state index contributed by atoms with van der Waals surface area (Å²) in [7, 11) is -4.34. The lowest BCUT2D eigenvalue weighted by atomic mass is 10.0. The molecule has 0 spiro atoms. The van der Waals surface area contributed by atoms with Crippen LogP contribution in [0.5, 0.6) is 0 Å². The Labute approximate surface area is 411 Å². The summed E-state index contributed by atoms with van der Waals surface area (Å²) in [4.78, 5) is 22.8. The fraction of sp³-hybridized carbons (Fsp3) is 0.947. The number of phosphoric ester groups is 1. The molecule has 0 aromatic rings. The maximum absolute atomic E-state index is 12.8. The summed E-state index contributed by atoms with van der Waals surface area (Å²) < 4.78 is 22.2. The SMILES string of the molecule is CCCCCCCCCCCCC/C=C/[C@@H](O)[C@H](COP(=O)(O)OCCN)NC(=O)CCCCCCCCCCCCCCCCCCCCCCCCCCCCCCCCCCCC. The van der Waals surface area contributed by atoms with Gasteiger partial charge in [-0.2, -0.15) is 0 Å². The number of carbonyl (C=O) groups is 1. The minimum Gasteiger partial charge on any atom is -0.387 e. The lowest BCUT2D eigenvalue weighted by Gasteiger charge is -2.23. The molecule has 0 aliphatic carbocycles. The van der Waals surface area contributed by atoms with Crippen LogP contribution in [0.15, 0.2) is 12.2 Å². The van der Waals surface area contributed by atoms with E-state index in [9.17, 15) is 19.4 Å². The first-order valence-corrected chi connectivity index (χ1v) is 30.8. The zero-order chi connectivity index (χ0) is 48.1. The van der Waals surface area contributed by atoms with Crippen LogP contribution in [0.2, 0.25) is 0 Å². The number of rotatable bonds is 56. The Hall–Kier alpha value is -0.760. The number of carbonyl (C=O) groups excluding carboxylic acids is 1. The second kappa shape index (κ2) is 53.6. The number of nitrogens with two attached hydrogens (primary N) is 1. The van der Waals surface area contributed by atoms with Gasteiger partial charge in [0, 0.05) is 13.0 Å². The molecule has 1 unspecified atom stereocenters. The highest BCUT2D eigenvalue weighted by molar-refractivity contribution is 7.47. The minimum atomic E-state index is -4.34. The van der Waals surface area contributed by atoms with E-state index < -0.39 is 20.0 Å². The average molecular weight is 956 g/mol. The quantitative estimate of drug-likeness (QED) is 0.0271. The molecule has 0 rings (SSSR count). The van der Waals surface area contributed by atoms with Gasteiger partial charge in [-0.05, 0) is 19.3 Å². The second-order valence-electron chi connectivity index (χ2n) is 20.2. The molecule has 0 bridgehead atoms. The predicted octanol–water partition coefficient (Wildman–Crippen LogP) is 17.9. The number of amides is 1.